The van der Waals surface area contributed by atoms with E-state index >= 15 is 0 Å². The summed E-state index contributed by atoms with van der Waals surface area (Å²) in [4.78, 5) is 12.5. The van der Waals surface area contributed by atoms with Gasteiger partial charge < -0.3 is 14.6 Å². The van der Waals surface area contributed by atoms with Gasteiger partial charge in [-0.2, -0.15) is 0 Å². The van der Waals surface area contributed by atoms with Crippen LogP contribution in [-0.2, 0) is 6.61 Å². The molecular weight excluding hydrogens is 335 g/mol. The molecule has 0 fully saturated rings. The Balaban J connectivity index is 1.74. The number of nitrogens with zero attached hydrogens (tertiary/aromatic N) is 1. The first-order valence-corrected chi connectivity index (χ1v) is 8.16. The number of anilines is 1. The summed E-state index contributed by atoms with van der Waals surface area (Å²) in [6.45, 7) is 5.50. The number of hydrogen-bond acceptors (Lipinski definition) is 4. The molecule has 0 aliphatic heterocycles. The second kappa shape index (κ2) is 7.39. The minimum absolute atomic E-state index is 0.121. The van der Waals surface area contributed by atoms with Gasteiger partial charge in [0.2, 0.25) is 0 Å². The van der Waals surface area contributed by atoms with Gasteiger partial charge in [-0.05, 0) is 50.6 Å². The van der Waals surface area contributed by atoms with E-state index in [1.165, 1.54) is 6.07 Å². The molecule has 3 rings (SSSR count). The number of aromatic nitrogens is 1. The van der Waals surface area contributed by atoms with Crippen LogP contribution in [0.4, 0.5) is 10.1 Å². The van der Waals surface area contributed by atoms with E-state index in [2.05, 4.69) is 10.5 Å². The Hall–Kier alpha value is -3.15. The van der Waals surface area contributed by atoms with E-state index in [-0.39, 0.29) is 18.1 Å². The van der Waals surface area contributed by atoms with E-state index in [4.69, 9.17) is 9.26 Å². The van der Waals surface area contributed by atoms with Crippen molar-refractivity contribution in [1.82, 2.24) is 5.16 Å². The van der Waals surface area contributed by atoms with Crippen LogP contribution in [0, 0.1) is 26.6 Å². The van der Waals surface area contributed by atoms with Crippen molar-refractivity contribution < 1.29 is 18.4 Å². The van der Waals surface area contributed by atoms with Crippen LogP contribution in [0.1, 0.15) is 32.9 Å². The van der Waals surface area contributed by atoms with Crippen LogP contribution in [0.15, 0.2) is 47.0 Å². The highest BCUT2D eigenvalue weighted by Gasteiger charge is 2.20. The lowest BCUT2D eigenvalue weighted by Gasteiger charge is -2.08. The van der Waals surface area contributed by atoms with Gasteiger partial charge in [-0.25, -0.2) is 4.39 Å². The first-order valence-electron chi connectivity index (χ1n) is 8.16. The van der Waals surface area contributed by atoms with Gasteiger partial charge in [-0.1, -0.05) is 28.9 Å². The van der Waals surface area contributed by atoms with E-state index in [0.717, 1.165) is 5.56 Å². The van der Waals surface area contributed by atoms with Crippen molar-refractivity contribution >= 4 is 11.6 Å². The second-order valence-electron chi connectivity index (χ2n) is 6.09. The first kappa shape index (κ1) is 17.7. The van der Waals surface area contributed by atoms with Crippen molar-refractivity contribution in [3.8, 4) is 5.75 Å². The third kappa shape index (κ3) is 3.91. The van der Waals surface area contributed by atoms with E-state index in [0.29, 0.717) is 28.3 Å². The number of rotatable bonds is 5. The van der Waals surface area contributed by atoms with Gasteiger partial charge in [0, 0.05) is 5.69 Å². The predicted octanol–water partition coefficient (Wildman–Crippen LogP) is 4.57. The standard InChI is InChI=1S/C20H19FN2O3/c1-12-4-8-16(9-5-12)25-11-17-14(3)26-23-19(17)20(24)22-15-7-6-13(2)18(21)10-15/h4-10H,11H2,1-3H3,(H,22,24). The molecule has 0 spiro atoms. The summed E-state index contributed by atoms with van der Waals surface area (Å²) in [7, 11) is 0. The number of amides is 1. The average molecular weight is 354 g/mol. The van der Waals surface area contributed by atoms with E-state index in [1.807, 2.05) is 31.2 Å². The minimum atomic E-state index is -0.479. The summed E-state index contributed by atoms with van der Waals surface area (Å²) < 4.78 is 24.5. The molecule has 0 bridgehead atoms. The third-order valence-corrected chi connectivity index (χ3v) is 4.03. The number of ether oxygens (including phenoxy) is 1. The fourth-order valence-electron chi connectivity index (χ4n) is 2.39. The highest BCUT2D eigenvalue weighted by atomic mass is 19.1. The largest absolute Gasteiger partial charge is 0.489 e. The normalized spacial score (nSPS) is 10.6. The minimum Gasteiger partial charge on any atom is -0.489 e. The Morgan fingerprint density at radius 3 is 2.58 bits per heavy atom. The average Bonchev–Trinajstić information content (AvgIpc) is 2.98. The number of carbonyl (C=O) groups excluding carboxylic acids is 1. The molecule has 0 atom stereocenters. The highest BCUT2D eigenvalue weighted by molar-refractivity contribution is 6.03. The highest BCUT2D eigenvalue weighted by Crippen LogP contribution is 2.20. The molecule has 26 heavy (non-hydrogen) atoms. The zero-order chi connectivity index (χ0) is 18.7. The van der Waals surface area contributed by atoms with Crippen molar-refractivity contribution in [2.45, 2.75) is 27.4 Å². The molecule has 0 radical (unpaired) electrons. The molecule has 1 aromatic heterocycles. The molecule has 6 heteroatoms. The lowest BCUT2D eigenvalue weighted by molar-refractivity contribution is 0.101. The lowest BCUT2D eigenvalue weighted by Crippen LogP contribution is -2.15. The predicted molar refractivity (Wildman–Crippen MR) is 95.8 cm³/mol. The molecule has 3 aromatic rings. The Kier molecular flexibility index (Phi) is 5.02. The van der Waals surface area contributed by atoms with Gasteiger partial charge in [0.15, 0.2) is 5.69 Å². The van der Waals surface area contributed by atoms with Crippen LogP contribution in [-0.4, -0.2) is 11.1 Å². The Morgan fingerprint density at radius 1 is 1.15 bits per heavy atom. The van der Waals surface area contributed by atoms with Crippen LogP contribution >= 0.6 is 0 Å². The summed E-state index contributed by atoms with van der Waals surface area (Å²) >= 11 is 0. The molecule has 5 nitrogen and oxygen atoms in total. The second-order valence-corrected chi connectivity index (χ2v) is 6.09. The fourth-order valence-corrected chi connectivity index (χ4v) is 2.39. The van der Waals surface area contributed by atoms with Crippen molar-refractivity contribution in [3.63, 3.8) is 0 Å². The van der Waals surface area contributed by atoms with Gasteiger partial charge in [-0.15, -0.1) is 0 Å². The summed E-state index contributed by atoms with van der Waals surface area (Å²) in [5.41, 5.74) is 2.66. The molecule has 0 aliphatic carbocycles. The topological polar surface area (TPSA) is 64.4 Å². The summed E-state index contributed by atoms with van der Waals surface area (Å²) in [6.07, 6.45) is 0. The molecule has 134 valence electrons. The van der Waals surface area contributed by atoms with E-state index < -0.39 is 5.91 Å². The maximum atomic E-state index is 13.6. The van der Waals surface area contributed by atoms with Crippen molar-refractivity contribution in [3.05, 3.63) is 76.4 Å². The molecular formula is C20H19FN2O3. The van der Waals surface area contributed by atoms with Crippen LogP contribution in [0.5, 0.6) is 5.75 Å². The summed E-state index contributed by atoms with van der Waals surface area (Å²) in [5, 5.41) is 6.45. The smallest absolute Gasteiger partial charge is 0.278 e. The van der Waals surface area contributed by atoms with Crippen LogP contribution in [0.2, 0.25) is 0 Å². The first-order chi connectivity index (χ1) is 12.4. The third-order valence-electron chi connectivity index (χ3n) is 4.03. The number of hydrogen-bond donors (Lipinski definition) is 1. The Morgan fingerprint density at radius 2 is 1.88 bits per heavy atom. The molecule has 1 N–H and O–H groups in total. The zero-order valence-corrected chi connectivity index (χ0v) is 14.8. The summed E-state index contributed by atoms with van der Waals surface area (Å²) in [6, 6.07) is 12.1. The Bertz CT molecular complexity index is 933. The molecule has 2 aromatic carbocycles. The Labute approximate surface area is 150 Å². The fraction of sp³-hybridized carbons (Fsp3) is 0.200. The monoisotopic (exact) mass is 354 g/mol. The quantitative estimate of drug-likeness (QED) is 0.729. The van der Waals surface area contributed by atoms with Crippen molar-refractivity contribution in [1.29, 1.82) is 0 Å². The number of benzene rings is 2. The molecule has 0 saturated carbocycles. The van der Waals surface area contributed by atoms with Gasteiger partial charge >= 0.3 is 0 Å². The maximum absolute atomic E-state index is 13.6. The molecule has 0 aliphatic rings. The van der Waals surface area contributed by atoms with Gasteiger partial charge in [0.25, 0.3) is 5.91 Å². The number of nitrogens with one attached hydrogen (secondary N) is 1. The maximum Gasteiger partial charge on any atom is 0.278 e. The van der Waals surface area contributed by atoms with Crippen molar-refractivity contribution in [2.75, 3.05) is 5.32 Å². The van der Waals surface area contributed by atoms with Gasteiger partial charge in [0.05, 0.1) is 5.56 Å². The summed E-state index contributed by atoms with van der Waals surface area (Å²) in [5.74, 6) is 0.315. The zero-order valence-electron chi connectivity index (χ0n) is 14.8. The van der Waals surface area contributed by atoms with Crippen LogP contribution in [0.3, 0.4) is 0 Å². The SMILES string of the molecule is Cc1ccc(OCc2c(C(=O)Nc3ccc(C)c(F)c3)noc2C)cc1. The molecule has 0 saturated heterocycles. The van der Waals surface area contributed by atoms with Crippen molar-refractivity contribution in [2.24, 2.45) is 0 Å². The molecule has 1 heterocycles. The van der Waals surface area contributed by atoms with Crippen LogP contribution in [0.25, 0.3) is 0 Å². The van der Waals surface area contributed by atoms with E-state index in [1.54, 1.807) is 26.0 Å². The number of aryl methyl sites for hydroxylation is 3. The molecule has 1 amide bonds. The van der Waals surface area contributed by atoms with Gasteiger partial charge in [-0.3, -0.25) is 4.79 Å². The van der Waals surface area contributed by atoms with Crippen LogP contribution < -0.4 is 10.1 Å². The number of carbonyl (C=O) groups is 1. The molecule has 0 unspecified atom stereocenters. The number of halogens is 1. The van der Waals surface area contributed by atoms with E-state index in [9.17, 15) is 9.18 Å². The lowest BCUT2D eigenvalue weighted by atomic mass is 10.1. The van der Waals surface area contributed by atoms with Gasteiger partial charge in [0.1, 0.15) is 23.9 Å².